The zero-order valence-corrected chi connectivity index (χ0v) is 14.8. The average molecular weight is 381 g/mol. The fourth-order valence-corrected chi connectivity index (χ4v) is 4.20. The van der Waals surface area contributed by atoms with Gasteiger partial charge < -0.3 is 9.63 Å². The number of fused-ring (bicyclic) bond motifs is 6. The minimum Gasteiger partial charge on any atom is -0.382 e. The summed E-state index contributed by atoms with van der Waals surface area (Å²) in [7, 11) is 0. The highest BCUT2D eigenvalue weighted by Crippen LogP contribution is 2.39. The number of hydrogen-bond donors (Lipinski definition) is 1. The quantitative estimate of drug-likeness (QED) is 0.726. The molecule has 0 saturated heterocycles. The van der Waals surface area contributed by atoms with Gasteiger partial charge in [-0.1, -0.05) is 17.3 Å². The van der Waals surface area contributed by atoms with Gasteiger partial charge in [0.05, 0.1) is 11.9 Å². The number of aliphatic hydroxyl groups is 1. The highest BCUT2D eigenvalue weighted by molar-refractivity contribution is 6.16. The van der Waals surface area contributed by atoms with Crippen molar-refractivity contribution in [3.05, 3.63) is 47.9 Å². The molecule has 0 atom stereocenters. The molecule has 2 aliphatic heterocycles. The van der Waals surface area contributed by atoms with Crippen LogP contribution >= 0.6 is 0 Å². The number of halogens is 1. The van der Waals surface area contributed by atoms with Crippen LogP contribution < -0.4 is 10.0 Å². The number of hydrazine groups is 1. The van der Waals surface area contributed by atoms with Crippen LogP contribution in [0.3, 0.4) is 0 Å². The second kappa shape index (κ2) is 5.38. The predicted octanol–water partition coefficient (Wildman–Crippen LogP) is 2.12. The van der Waals surface area contributed by atoms with Gasteiger partial charge in [0.1, 0.15) is 12.3 Å². The molecule has 0 spiro atoms. The average Bonchev–Trinajstić information content (AvgIpc) is 3.47. The Balaban J connectivity index is 1.44. The number of aliphatic imine (C=N–C) groups is 1. The molecule has 0 radical (unpaired) electrons. The van der Waals surface area contributed by atoms with E-state index in [4.69, 9.17) is 4.52 Å². The molecule has 1 N–H and O–H groups in total. The van der Waals surface area contributed by atoms with Crippen LogP contribution in [0.5, 0.6) is 0 Å². The standard InChI is InChI=1S/C18H16FN7O2/c19-16-20-9-13-25(16)12-6-2-1-5-11(12)14-21-10-24(26(13)14)17-22-15(23-28-17)18(27)7-3-4-8-18/h1-2,5-6,9,27H,3-4,7-8,10H2. The third kappa shape index (κ3) is 1.97. The fraction of sp³-hybridized carbons (Fsp3) is 0.333. The van der Waals surface area contributed by atoms with E-state index >= 15 is 0 Å². The predicted molar refractivity (Wildman–Crippen MR) is 96.5 cm³/mol. The van der Waals surface area contributed by atoms with Gasteiger partial charge in [0.15, 0.2) is 11.7 Å². The van der Waals surface area contributed by atoms with E-state index in [9.17, 15) is 9.50 Å². The van der Waals surface area contributed by atoms with Crippen molar-refractivity contribution in [1.82, 2.24) is 19.7 Å². The fourth-order valence-electron chi connectivity index (χ4n) is 4.20. The summed E-state index contributed by atoms with van der Waals surface area (Å²) in [6.45, 7) is 0.233. The second-order valence-electron chi connectivity index (χ2n) is 7.21. The molecule has 0 bridgehead atoms. The molecule has 142 valence electrons. The maximum Gasteiger partial charge on any atom is 0.345 e. The van der Waals surface area contributed by atoms with Gasteiger partial charge in [-0.25, -0.2) is 20.0 Å². The summed E-state index contributed by atoms with van der Waals surface area (Å²) in [5.74, 6) is 1.43. The maximum atomic E-state index is 14.4. The number of rotatable bonds is 2. The normalized spacial score (nSPS) is 19.4. The molecule has 6 rings (SSSR count). The number of benzene rings is 1. The van der Waals surface area contributed by atoms with E-state index < -0.39 is 11.7 Å². The first-order valence-electron chi connectivity index (χ1n) is 9.17. The van der Waals surface area contributed by atoms with Gasteiger partial charge >= 0.3 is 6.01 Å². The van der Waals surface area contributed by atoms with Crippen molar-refractivity contribution in [2.75, 3.05) is 16.7 Å². The zero-order valence-electron chi connectivity index (χ0n) is 14.8. The molecule has 9 nitrogen and oxygen atoms in total. The molecule has 4 heterocycles. The lowest BCUT2D eigenvalue weighted by Gasteiger charge is -2.32. The van der Waals surface area contributed by atoms with Crippen LogP contribution in [0.4, 0.5) is 16.2 Å². The topological polar surface area (TPSA) is 95.8 Å². The molecule has 0 unspecified atom stereocenters. The highest BCUT2D eigenvalue weighted by Gasteiger charge is 2.42. The van der Waals surface area contributed by atoms with Gasteiger partial charge in [0.2, 0.25) is 5.82 Å². The largest absolute Gasteiger partial charge is 0.382 e. The maximum absolute atomic E-state index is 14.4. The Morgan fingerprint density at radius 3 is 2.86 bits per heavy atom. The second-order valence-corrected chi connectivity index (χ2v) is 7.21. The molecule has 3 aromatic rings. The van der Waals surface area contributed by atoms with Crippen LogP contribution in [0.15, 0.2) is 40.0 Å². The van der Waals surface area contributed by atoms with E-state index in [-0.39, 0.29) is 18.5 Å². The number of imidazole rings is 1. The van der Waals surface area contributed by atoms with Crippen LogP contribution in [-0.2, 0) is 5.60 Å². The summed E-state index contributed by atoms with van der Waals surface area (Å²) in [5.41, 5.74) is 0.410. The van der Waals surface area contributed by atoms with Gasteiger partial charge in [0.25, 0.3) is 6.08 Å². The Morgan fingerprint density at radius 2 is 2.00 bits per heavy atom. The van der Waals surface area contributed by atoms with Crippen molar-refractivity contribution in [3.63, 3.8) is 0 Å². The summed E-state index contributed by atoms with van der Waals surface area (Å²) in [5, 5.41) is 18.1. The first kappa shape index (κ1) is 15.8. The molecule has 2 aromatic heterocycles. The lowest BCUT2D eigenvalue weighted by Crippen LogP contribution is -2.45. The third-order valence-corrected chi connectivity index (χ3v) is 5.58. The molecule has 0 amide bonds. The van der Waals surface area contributed by atoms with E-state index in [2.05, 4.69) is 20.1 Å². The van der Waals surface area contributed by atoms with Crippen LogP contribution in [0.1, 0.15) is 37.1 Å². The zero-order chi connectivity index (χ0) is 18.9. The Labute approximate surface area is 158 Å². The van der Waals surface area contributed by atoms with E-state index in [1.165, 1.54) is 10.8 Å². The molecular formula is C18H16FN7O2. The van der Waals surface area contributed by atoms with Gasteiger partial charge in [-0.3, -0.25) is 4.57 Å². The first-order chi connectivity index (χ1) is 13.7. The number of hydrogen-bond acceptors (Lipinski definition) is 8. The summed E-state index contributed by atoms with van der Waals surface area (Å²) in [6, 6.07) is 7.63. The summed E-state index contributed by atoms with van der Waals surface area (Å²) in [4.78, 5) is 12.9. The molecule has 3 aliphatic rings. The SMILES string of the molecule is OC1(c2noc(N3CN=C4c5ccccc5-n5c(cnc5F)N43)n2)CCCC1. The van der Waals surface area contributed by atoms with Crippen molar-refractivity contribution in [1.29, 1.82) is 0 Å². The molecule has 1 aromatic carbocycles. The van der Waals surface area contributed by atoms with E-state index in [0.29, 0.717) is 30.2 Å². The van der Waals surface area contributed by atoms with Gasteiger partial charge in [-0.05, 0) is 37.8 Å². The first-order valence-corrected chi connectivity index (χ1v) is 9.17. The Hall–Kier alpha value is -3.27. The number of nitrogens with zero attached hydrogens (tertiary/aromatic N) is 7. The van der Waals surface area contributed by atoms with Gasteiger partial charge in [-0.2, -0.15) is 9.37 Å². The minimum absolute atomic E-state index is 0.196. The number of anilines is 2. The van der Waals surface area contributed by atoms with Crippen molar-refractivity contribution in [3.8, 4) is 5.69 Å². The molecule has 10 heteroatoms. The lowest BCUT2D eigenvalue weighted by atomic mass is 10.0. The smallest absolute Gasteiger partial charge is 0.345 e. The number of para-hydroxylation sites is 1. The third-order valence-electron chi connectivity index (χ3n) is 5.58. The van der Waals surface area contributed by atoms with Crippen LogP contribution in [0, 0.1) is 6.08 Å². The summed E-state index contributed by atoms with van der Waals surface area (Å²) >= 11 is 0. The Morgan fingerprint density at radius 1 is 1.18 bits per heavy atom. The van der Waals surface area contributed by atoms with E-state index in [1.807, 2.05) is 24.3 Å². The molecule has 1 saturated carbocycles. The van der Waals surface area contributed by atoms with E-state index in [1.54, 1.807) is 10.0 Å². The van der Waals surface area contributed by atoms with E-state index in [0.717, 1.165) is 18.4 Å². The summed E-state index contributed by atoms with van der Waals surface area (Å²) < 4.78 is 21.3. The van der Waals surface area contributed by atoms with Crippen LogP contribution in [0.2, 0.25) is 0 Å². The Kier molecular flexibility index (Phi) is 3.03. The number of aromatic nitrogens is 4. The monoisotopic (exact) mass is 381 g/mol. The number of amidine groups is 1. The minimum atomic E-state index is -1.05. The van der Waals surface area contributed by atoms with Crippen molar-refractivity contribution < 1.29 is 14.0 Å². The Bertz CT molecular complexity index is 1110. The van der Waals surface area contributed by atoms with Crippen molar-refractivity contribution in [2.45, 2.75) is 31.3 Å². The lowest BCUT2D eigenvalue weighted by molar-refractivity contribution is 0.0328. The molecule has 1 fully saturated rings. The van der Waals surface area contributed by atoms with Crippen LogP contribution in [0.25, 0.3) is 5.69 Å². The molecule has 28 heavy (non-hydrogen) atoms. The van der Waals surface area contributed by atoms with Crippen LogP contribution in [-0.4, -0.2) is 37.3 Å². The van der Waals surface area contributed by atoms with Gasteiger partial charge in [-0.15, -0.1) is 0 Å². The summed E-state index contributed by atoms with van der Waals surface area (Å²) in [6.07, 6.45) is 3.92. The highest BCUT2D eigenvalue weighted by atomic mass is 19.1. The molecule has 1 aliphatic carbocycles. The van der Waals surface area contributed by atoms with Gasteiger partial charge in [0, 0.05) is 5.56 Å². The van der Waals surface area contributed by atoms with Crippen molar-refractivity contribution >= 4 is 17.7 Å². The van der Waals surface area contributed by atoms with Crippen molar-refractivity contribution in [2.24, 2.45) is 4.99 Å². The molecular weight excluding hydrogens is 365 g/mol.